The van der Waals surface area contributed by atoms with Gasteiger partial charge in [0, 0.05) is 10.0 Å². The number of fused-ring (bicyclic) bond motifs is 1. The largest absolute Gasteiger partial charge is 0.317 e. The molecule has 1 atom stereocenters. The minimum absolute atomic E-state index is 0.0914. The third-order valence-corrected chi connectivity index (χ3v) is 4.20. The van der Waals surface area contributed by atoms with Crippen molar-refractivity contribution in [3.63, 3.8) is 0 Å². The third-order valence-electron chi connectivity index (χ3n) is 3.67. The fourth-order valence-electron chi connectivity index (χ4n) is 2.63. The molecule has 21 heavy (non-hydrogen) atoms. The van der Waals surface area contributed by atoms with Crippen LogP contribution in [0.15, 0.2) is 53.0 Å². The fraction of sp³-hybridized carbons (Fsp3) is 0.176. The van der Waals surface area contributed by atoms with Crippen LogP contribution in [0.2, 0.25) is 0 Å². The summed E-state index contributed by atoms with van der Waals surface area (Å²) >= 11 is 3.39. The number of rotatable bonds is 3. The first-order chi connectivity index (χ1) is 10.1. The number of para-hydroxylation sites is 2. The van der Waals surface area contributed by atoms with Crippen molar-refractivity contribution in [2.24, 2.45) is 0 Å². The standard InChI is InChI=1S/C17H15BrN2O/c1-11(17(21)13-7-9-14(18)10-8-13)20-12(2)19-15-5-3-4-6-16(15)20/h3-11H,1-2H3. The maximum atomic E-state index is 12.7. The number of aromatic nitrogens is 2. The van der Waals surface area contributed by atoms with E-state index in [4.69, 9.17) is 0 Å². The van der Waals surface area contributed by atoms with Gasteiger partial charge in [0.25, 0.3) is 0 Å². The van der Waals surface area contributed by atoms with E-state index in [9.17, 15) is 4.79 Å². The number of carbonyl (C=O) groups excluding carboxylic acids is 1. The summed E-state index contributed by atoms with van der Waals surface area (Å²) in [6.07, 6.45) is 0. The zero-order valence-corrected chi connectivity index (χ0v) is 13.5. The normalized spacial score (nSPS) is 12.5. The van der Waals surface area contributed by atoms with Gasteiger partial charge in [-0.1, -0.05) is 40.2 Å². The molecule has 0 spiro atoms. The molecule has 3 rings (SSSR count). The van der Waals surface area contributed by atoms with E-state index >= 15 is 0 Å². The number of benzene rings is 2. The molecule has 0 fully saturated rings. The molecule has 0 aliphatic carbocycles. The van der Waals surface area contributed by atoms with Crippen LogP contribution >= 0.6 is 15.9 Å². The Labute approximate surface area is 131 Å². The second-order valence-corrected chi connectivity index (χ2v) is 5.98. The molecule has 106 valence electrons. The number of halogens is 1. The number of imidazole rings is 1. The van der Waals surface area contributed by atoms with Gasteiger partial charge in [0.05, 0.1) is 17.1 Å². The van der Waals surface area contributed by atoms with Crippen LogP contribution in [-0.4, -0.2) is 15.3 Å². The lowest BCUT2D eigenvalue weighted by Crippen LogP contribution is -2.17. The SMILES string of the molecule is Cc1nc2ccccc2n1C(C)C(=O)c1ccc(Br)cc1. The van der Waals surface area contributed by atoms with Gasteiger partial charge < -0.3 is 4.57 Å². The highest BCUT2D eigenvalue weighted by atomic mass is 79.9. The monoisotopic (exact) mass is 342 g/mol. The summed E-state index contributed by atoms with van der Waals surface area (Å²) in [4.78, 5) is 17.2. The zero-order chi connectivity index (χ0) is 15.0. The molecule has 0 saturated carbocycles. The summed E-state index contributed by atoms with van der Waals surface area (Å²) in [6.45, 7) is 3.86. The van der Waals surface area contributed by atoms with Crippen LogP contribution in [0.4, 0.5) is 0 Å². The molecular weight excluding hydrogens is 328 g/mol. The van der Waals surface area contributed by atoms with E-state index in [0.29, 0.717) is 5.56 Å². The third kappa shape index (κ3) is 2.51. The second-order valence-electron chi connectivity index (χ2n) is 5.06. The number of aryl methyl sites for hydroxylation is 1. The molecule has 1 unspecified atom stereocenters. The molecule has 0 aliphatic heterocycles. The van der Waals surface area contributed by atoms with Crippen LogP contribution in [0.5, 0.6) is 0 Å². The van der Waals surface area contributed by atoms with Crippen LogP contribution in [0.25, 0.3) is 11.0 Å². The van der Waals surface area contributed by atoms with Crippen molar-refractivity contribution in [1.82, 2.24) is 9.55 Å². The lowest BCUT2D eigenvalue weighted by atomic mass is 10.1. The van der Waals surface area contributed by atoms with Gasteiger partial charge in [0.2, 0.25) is 0 Å². The van der Waals surface area contributed by atoms with Crippen LogP contribution in [0.3, 0.4) is 0 Å². The number of nitrogens with zero attached hydrogens (tertiary/aromatic N) is 2. The highest BCUT2D eigenvalue weighted by molar-refractivity contribution is 9.10. The smallest absolute Gasteiger partial charge is 0.185 e. The molecule has 3 nitrogen and oxygen atoms in total. The Hall–Kier alpha value is -1.94. The molecule has 0 aliphatic rings. The van der Waals surface area contributed by atoms with Gasteiger partial charge in [0.15, 0.2) is 5.78 Å². The van der Waals surface area contributed by atoms with Gasteiger partial charge >= 0.3 is 0 Å². The lowest BCUT2D eigenvalue weighted by Gasteiger charge is -2.15. The number of carbonyl (C=O) groups is 1. The van der Waals surface area contributed by atoms with Crippen LogP contribution in [-0.2, 0) is 0 Å². The van der Waals surface area contributed by atoms with E-state index in [0.717, 1.165) is 21.3 Å². The first-order valence-corrected chi connectivity index (χ1v) is 7.60. The molecule has 3 aromatic rings. The van der Waals surface area contributed by atoms with Crippen molar-refractivity contribution in [3.05, 3.63) is 64.4 Å². The molecule has 0 radical (unpaired) electrons. The summed E-state index contributed by atoms with van der Waals surface area (Å²) in [5, 5.41) is 0. The fourth-order valence-corrected chi connectivity index (χ4v) is 2.89. The van der Waals surface area contributed by atoms with Crippen molar-refractivity contribution < 1.29 is 4.79 Å². The first kappa shape index (κ1) is 14.0. The van der Waals surface area contributed by atoms with Gasteiger partial charge in [0.1, 0.15) is 5.82 Å². The maximum absolute atomic E-state index is 12.7. The summed E-state index contributed by atoms with van der Waals surface area (Å²) in [5.74, 6) is 0.947. The molecule has 1 heterocycles. The van der Waals surface area contributed by atoms with Crippen molar-refractivity contribution >= 4 is 32.7 Å². The summed E-state index contributed by atoms with van der Waals surface area (Å²) in [5.41, 5.74) is 2.63. The van der Waals surface area contributed by atoms with Gasteiger partial charge in [-0.2, -0.15) is 0 Å². The molecule has 4 heteroatoms. The van der Waals surface area contributed by atoms with E-state index < -0.39 is 0 Å². The first-order valence-electron chi connectivity index (χ1n) is 6.81. The molecule has 1 aromatic heterocycles. The zero-order valence-electron chi connectivity index (χ0n) is 11.9. The van der Waals surface area contributed by atoms with Crippen molar-refractivity contribution in [3.8, 4) is 0 Å². The van der Waals surface area contributed by atoms with Crippen molar-refractivity contribution in [2.75, 3.05) is 0 Å². The average Bonchev–Trinajstić information content (AvgIpc) is 2.82. The van der Waals surface area contributed by atoms with Gasteiger partial charge in [-0.05, 0) is 38.1 Å². The Morgan fingerprint density at radius 3 is 2.52 bits per heavy atom. The Kier molecular flexibility index (Phi) is 3.64. The van der Waals surface area contributed by atoms with Crippen molar-refractivity contribution in [2.45, 2.75) is 19.9 Å². The van der Waals surface area contributed by atoms with E-state index in [1.807, 2.05) is 66.9 Å². The minimum atomic E-state index is -0.279. The predicted molar refractivity (Wildman–Crippen MR) is 87.7 cm³/mol. The van der Waals surface area contributed by atoms with E-state index in [1.165, 1.54) is 0 Å². The second kappa shape index (κ2) is 5.45. The maximum Gasteiger partial charge on any atom is 0.185 e. The average molecular weight is 343 g/mol. The number of Topliss-reactive ketones (excluding diaryl/α,β-unsaturated/α-hetero) is 1. The Morgan fingerprint density at radius 1 is 1.14 bits per heavy atom. The number of ketones is 1. The van der Waals surface area contributed by atoms with E-state index in [2.05, 4.69) is 20.9 Å². The number of hydrogen-bond acceptors (Lipinski definition) is 2. The van der Waals surface area contributed by atoms with Crippen LogP contribution in [0, 0.1) is 6.92 Å². The van der Waals surface area contributed by atoms with Crippen LogP contribution < -0.4 is 0 Å². The highest BCUT2D eigenvalue weighted by Crippen LogP contribution is 2.24. The predicted octanol–water partition coefficient (Wildman–Crippen LogP) is 4.55. The molecule has 0 saturated heterocycles. The summed E-state index contributed by atoms with van der Waals surface area (Å²) in [6, 6.07) is 15.1. The number of hydrogen-bond donors (Lipinski definition) is 0. The molecule has 2 aromatic carbocycles. The Bertz CT molecular complexity index is 805. The Balaban J connectivity index is 2.04. The summed E-state index contributed by atoms with van der Waals surface area (Å²) < 4.78 is 2.97. The quantitative estimate of drug-likeness (QED) is 0.654. The van der Waals surface area contributed by atoms with E-state index in [-0.39, 0.29) is 11.8 Å². The molecule has 0 bridgehead atoms. The van der Waals surface area contributed by atoms with E-state index in [1.54, 1.807) is 0 Å². The Morgan fingerprint density at radius 2 is 1.81 bits per heavy atom. The highest BCUT2D eigenvalue weighted by Gasteiger charge is 2.20. The molecule has 0 amide bonds. The summed E-state index contributed by atoms with van der Waals surface area (Å²) in [7, 11) is 0. The lowest BCUT2D eigenvalue weighted by molar-refractivity contribution is 0.0935. The van der Waals surface area contributed by atoms with Gasteiger partial charge in [-0.3, -0.25) is 4.79 Å². The van der Waals surface area contributed by atoms with Gasteiger partial charge in [-0.25, -0.2) is 4.98 Å². The van der Waals surface area contributed by atoms with Crippen LogP contribution in [0.1, 0.15) is 29.1 Å². The topological polar surface area (TPSA) is 34.9 Å². The minimum Gasteiger partial charge on any atom is -0.317 e. The van der Waals surface area contributed by atoms with Crippen molar-refractivity contribution in [1.29, 1.82) is 0 Å². The molecular formula is C17H15BrN2O. The molecule has 0 N–H and O–H groups in total. The van der Waals surface area contributed by atoms with Gasteiger partial charge in [-0.15, -0.1) is 0 Å².